The van der Waals surface area contributed by atoms with Crippen molar-refractivity contribution >= 4 is 22.9 Å². The molecule has 5 rings (SSSR count). The van der Waals surface area contributed by atoms with Gasteiger partial charge in [-0.05, 0) is 93.7 Å². The van der Waals surface area contributed by atoms with Gasteiger partial charge < -0.3 is 27.1 Å². The Morgan fingerprint density at radius 1 is 1.31 bits per heavy atom. The largest absolute Gasteiger partial charge is 0.373 e. The van der Waals surface area contributed by atoms with Crippen molar-refractivity contribution in [3.8, 4) is 16.9 Å². The normalized spacial score (nSPS) is 17.4. The molecule has 0 unspecified atom stereocenters. The highest BCUT2D eigenvalue weighted by Gasteiger charge is 2.25. The van der Waals surface area contributed by atoms with Crippen LogP contribution in [0, 0.1) is 18.2 Å². The van der Waals surface area contributed by atoms with Crippen molar-refractivity contribution in [1.82, 2.24) is 30.2 Å². The molecule has 11 heteroatoms. The average Bonchev–Trinajstić information content (AvgIpc) is 3.44. The maximum Gasteiger partial charge on any atom is 0.354 e. The molecule has 3 atom stereocenters. The van der Waals surface area contributed by atoms with Crippen LogP contribution >= 0.6 is 0 Å². The summed E-state index contributed by atoms with van der Waals surface area (Å²) in [6.45, 7) is 8.66. The molecule has 4 heterocycles. The number of nitrogens with zero attached hydrogens (tertiary/aromatic N) is 3. The summed E-state index contributed by atoms with van der Waals surface area (Å²) < 4.78 is 16.8. The average molecular weight is 614 g/mol. The summed E-state index contributed by atoms with van der Waals surface area (Å²) in [6, 6.07) is 7.95. The van der Waals surface area contributed by atoms with Crippen LogP contribution in [0.15, 0.2) is 48.0 Å². The van der Waals surface area contributed by atoms with Gasteiger partial charge in [-0.3, -0.25) is 15.0 Å². The number of nitrogens with one attached hydrogen (secondary N) is 4. The van der Waals surface area contributed by atoms with E-state index in [0.717, 1.165) is 61.8 Å². The molecule has 238 valence electrons. The van der Waals surface area contributed by atoms with Crippen molar-refractivity contribution in [2.45, 2.75) is 76.9 Å². The summed E-state index contributed by atoms with van der Waals surface area (Å²) in [5.41, 5.74) is 16.3. The van der Waals surface area contributed by atoms with Crippen molar-refractivity contribution in [3.05, 3.63) is 81.9 Å². The van der Waals surface area contributed by atoms with E-state index in [1.165, 1.54) is 4.57 Å². The van der Waals surface area contributed by atoms with Gasteiger partial charge in [0.25, 0.3) is 0 Å². The lowest BCUT2D eigenvalue weighted by Gasteiger charge is -2.31. The van der Waals surface area contributed by atoms with Crippen molar-refractivity contribution in [1.29, 1.82) is 5.41 Å². The summed E-state index contributed by atoms with van der Waals surface area (Å²) in [5.74, 6) is 0.0422. The van der Waals surface area contributed by atoms with Gasteiger partial charge in [0.05, 0.1) is 35.9 Å². The summed E-state index contributed by atoms with van der Waals surface area (Å²) in [5, 5.41) is 15.1. The fourth-order valence-electron chi connectivity index (χ4n) is 6.14. The molecule has 1 saturated heterocycles. The highest BCUT2D eigenvalue weighted by atomic mass is 19.1. The predicted molar refractivity (Wildman–Crippen MR) is 179 cm³/mol. The van der Waals surface area contributed by atoms with E-state index in [1.807, 2.05) is 31.2 Å². The molecule has 10 nitrogen and oxygen atoms in total. The molecule has 8 N–H and O–H groups in total. The van der Waals surface area contributed by atoms with Crippen LogP contribution in [-0.4, -0.2) is 50.5 Å². The van der Waals surface area contributed by atoms with E-state index in [4.69, 9.17) is 21.9 Å². The Balaban J connectivity index is 1.39. The zero-order valence-electron chi connectivity index (χ0n) is 26.1. The lowest BCUT2D eigenvalue weighted by atomic mass is 9.92. The number of aromatic amines is 1. The first-order chi connectivity index (χ1) is 21.7. The Morgan fingerprint density at radius 2 is 2.13 bits per heavy atom. The van der Waals surface area contributed by atoms with Crippen molar-refractivity contribution < 1.29 is 4.39 Å². The number of rotatable bonds is 12. The van der Waals surface area contributed by atoms with Crippen LogP contribution in [0.3, 0.4) is 0 Å². The predicted octanol–water partition coefficient (Wildman–Crippen LogP) is 4.64. The smallest absolute Gasteiger partial charge is 0.354 e. The SMILES string of the molecule is C=Cc1cc(-n2cc3cc(-c4cc(CCC[C@H](C)N)cc(C)c4F)[nH]c3nc2=O)cnc1[C@@H]1CCC[C@@H](CCNC(=N)CN)N1. The number of benzene rings is 1. The van der Waals surface area contributed by atoms with Gasteiger partial charge >= 0.3 is 5.69 Å². The lowest BCUT2D eigenvalue weighted by molar-refractivity contribution is 0.308. The second-order valence-electron chi connectivity index (χ2n) is 12.1. The third-order valence-electron chi connectivity index (χ3n) is 8.52. The molecule has 45 heavy (non-hydrogen) atoms. The molecule has 1 aromatic carbocycles. The van der Waals surface area contributed by atoms with Gasteiger partial charge in [-0.25, -0.2) is 9.18 Å². The van der Waals surface area contributed by atoms with Crippen LogP contribution < -0.4 is 27.8 Å². The Labute approximate surface area is 263 Å². The van der Waals surface area contributed by atoms with Gasteiger partial charge in [0.15, 0.2) is 0 Å². The van der Waals surface area contributed by atoms with E-state index >= 15 is 4.39 Å². The van der Waals surface area contributed by atoms with Crippen LogP contribution in [0.1, 0.15) is 73.9 Å². The third-order valence-corrected chi connectivity index (χ3v) is 8.52. The fraction of sp³-hybridized carbons (Fsp3) is 0.412. The van der Waals surface area contributed by atoms with Crippen molar-refractivity contribution in [2.24, 2.45) is 11.5 Å². The molecule has 0 amide bonds. The molecular weight excluding hydrogens is 569 g/mol. The van der Waals surface area contributed by atoms with Crippen molar-refractivity contribution in [2.75, 3.05) is 13.1 Å². The number of hydrogen-bond acceptors (Lipinski definition) is 7. The van der Waals surface area contributed by atoms with E-state index in [9.17, 15) is 4.79 Å². The minimum absolute atomic E-state index is 0.0529. The first kappa shape index (κ1) is 32.2. The molecule has 4 aromatic rings. The number of halogens is 1. The van der Waals surface area contributed by atoms with E-state index in [0.29, 0.717) is 52.0 Å². The number of H-pyrrole nitrogens is 1. The molecule has 0 aliphatic carbocycles. The van der Waals surface area contributed by atoms with E-state index in [1.54, 1.807) is 25.4 Å². The van der Waals surface area contributed by atoms with Gasteiger partial charge in [-0.15, -0.1) is 0 Å². The number of amidine groups is 1. The lowest BCUT2D eigenvalue weighted by Crippen LogP contribution is -2.40. The molecule has 0 bridgehead atoms. The second-order valence-corrected chi connectivity index (χ2v) is 12.1. The first-order valence-corrected chi connectivity index (χ1v) is 15.7. The summed E-state index contributed by atoms with van der Waals surface area (Å²) in [6.07, 6.45) is 11.7. The summed E-state index contributed by atoms with van der Waals surface area (Å²) in [7, 11) is 0. The Bertz CT molecular complexity index is 1740. The summed E-state index contributed by atoms with van der Waals surface area (Å²) in [4.78, 5) is 25.4. The molecule has 1 aliphatic heterocycles. The minimum atomic E-state index is -0.465. The number of nitrogens with two attached hydrogens (primary N) is 2. The number of pyridine rings is 1. The third kappa shape index (κ3) is 7.55. The zero-order valence-corrected chi connectivity index (χ0v) is 26.1. The Morgan fingerprint density at radius 3 is 2.89 bits per heavy atom. The number of aryl methyl sites for hydroxylation is 2. The topological polar surface area (TPSA) is 164 Å². The van der Waals surface area contributed by atoms with E-state index in [2.05, 4.69) is 27.2 Å². The number of hydrogen-bond donors (Lipinski definition) is 6. The van der Waals surface area contributed by atoms with E-state index in [-0.39, 0.29) is 24.4 Å². The first-order valence-electron chi connectivity index (χ1n) is 15.7. The highest BCUT2D eigenvalue weighted by Crippen LogP contribution is 2.31. The molecule has 0 spiro atoms. The number of aromatic nitrogens is 4. The monoisotopic (exact) mass is 613 g/mol. The quantitative estimate of drug-likeness (QED) is 0.100. The van der Waals surface area contributed by atoms with Gasteiger partial charge in [-0.2, -0.15) is 4.98 Å². The van der Waals surface area contributed by atoms with Crippen molar-refractivity contribution in [3.63, 3.8) is 0 Å². The summed E-state index contributed by atoms with van der Waals surface area (Å²) >= 11 is 0. The fourth-order valence-corrected chi connectivity index (χ4v) is 6.14. The van der Waals surface area contributed by atoms with E-state index < -0.39 is 5.69 Å². The molecule has 1 fully saturated rings. The molecule has 1 aliphatic rings. The maximum atomic E-state index is 15.3. The van der Waals surface area contributed by atoms with Crippen LogP contribution in [0.5, 0.6) is 0 Å². The Hall–Kier alpha value is -4.19. The van der Waals surface area contributed by atoms with Crippen LogP contribution in [0.25, 0.3) is 34.1 Å². The van der Waals surface area contributed by atoms with Crippen LogP contribution in [-0.2, 0) is 6.42 Å². The Kier molecular flexibility index (Phi) is 10.2. The van der Waals surface area contributed by atoms with Gasteiger partial charge in [0.1, 0.15) is 17.3 Å². The van der Waals surface area contributed by atoms with Crippen LogP contribution in [0.2, 0.25) is 0 Å². The number of fused-ring (bicyclic) bond motifs is 1. The number of piperidine rings is 1. The molecule has 3 aromatic heterocycles. The van der Waals surface area contributed by atoms with Crippen LogP contribution in [0.4, 0.5) is 4.39 Å². The molecule has 0 radical (unpaired) electrons. The van der Waals surface area contributed by atoms with Gasteiger partial charge in [-0.1, -0.05) is 18.7 Å². The van der Waals surface area contributed by atoms with Gasteiger partial charge in [0.2, 0.25) is 0 Å². The minimum Gasteiger partial charge on any atom is -0.373 e. The second kappa shape index (κ2) is 14.3. The molecule has 0 saturated carbocycles. The maximum absolute atomic E-state index is 15.3. The standard InChI is InChI=1S/C34H44FN9O/c1-4-23-15-26(18-40-32(23)28-10-6-9-25(41-28)11-12-39-30(38)17-36)44-19-24-16-29(42-33(24)43-34(44)45)27-14-22(8-5-7-21(3)37)13-20(2)31(27)35/h4,13-16,18-19,21,25,28,41H,1,5-12,17,36-37H2,2-3H3,(H2,38,39)(H,42,43,45)/t21-,25-,28-/m0/s1. The molecular formula is C34H44FN9O. The highest BCUT2D eigenvalue weighted by molar-refractivity contribution is 5.83. The zero-order chi connectivity index (χ0) is 32.1. The van der Waals surface area contributed by atoms with Gasteiger partial charge in [0, 0.05) is 35.8 Å².